The molecule has 1 aliphatic heterocycles. The van der Waals surface area contributed by atoms with Gasteiger partial charge in [0.1, 0.15) is 23.9 Å². The predicted octanol–water partition coefficient (Wildman–Crippen LogP) is 3.56. The number of terminal acetylenes is 1. The van der Waals surface area contributed by atoms with Gasteiger partial charge in [-0.3, -0.25) is 0 Å². The zero-order chi connectivity index (χ0) is 16.4. The summed E-state index contributed by atoms with van der Waals surface area (Å²) in [5.41, 5.74) is 0.167. The summed E-state index contributed by atoms with van der Waals surface area (Å²) in [6.07, 6.45) is 7.20. The van der Waals surface area contributed by atoms with Crippen LogP contribution in [0.2, 0.25) is 5.02 Å². The number of hydrogen-bond acceptors (Lipinski definition) is 4. The molecule has 0 saturated carbocycles. The highest BCUT2D eigenvalue weighted by Crippen LogP contribution is 2.32. The lowest BCUT2D eigenvalue weighted by atomic mass is 10.1. The van der Waals surface area contributed by atoms with E-state index in [1.54, 1.807) is 0 Å². The van der Waals surface area contributed by atoms with Gasteiger partial charge >= 0.3 is 0 Å². The third-order valence-electron chi connectivity index (χ3n) is 3.79. The van der Waals surface area contributed by atoms with E-state index in [2.05, 4.69) is 26.8 Å². The van der Waals surface area contributed by atoms with Crippen molar-refractivity contribution in [2.75, 3.05) is 6.61 Å². The van der Waals surface area contributed by atoms with Crippen LogP contribution in [0.25, 0.3) is 0 Å². The Morgan fingerprint density at radius 1 is 1.61 bits per heavy atom. The Hall–Kier alpha value is -1.84. The maximum absolute atomic E-state index is 14.1. The Balaban J connectivity index is 1.99. The van der Waals surface area contributed by atoms with Crippen molar-refractivity contribution < 1.29 is 9.13 Å². The van der Waals surface area contributed by atoms with Crippen molar-refractivity contribution in [3.63, 3.8) is 0 Å². The van der Waals surface area contributed by atoms with Gasteiger partial charge in [0.25, 0.3) is 0 Å². The molecular formula is C16H15ClFN3OS. The summed E-state index contributed by atoms with van der Waals surface area (Å²) in [5.74, 6) is 3.76. The van der Waals surface area contributed by atoms with Crippen LogP contribution in [-0.4, -0.2) is 15.5 Å². The second kappa shape index (κ2) is 6.73. The normalized spacial score (nSPS) is 17.1. The van der Waals surface area contributed by atoms with Crippen molar-refractivity contribution >= 4 is 28.8 Å². The van der Waals surface area contributed by atoms with Crippen molar-refractivity contribution in [2.45, 2.75) is 26.3 Å². The first kappa shape index (κ1) is 16.0. The molecule has 1 atom stereocenters. The molecule has 0 N–H and O–H groups in total. The molecule has 0 bridgehead atoms. The molecule has 1 aromatic heterocycles. The third-order valence-corrected chi connectivity index (χ3v) is 4.87. The summed E-state index contributed by atoms with van der Waals surface area (Å²) in [6, 6.07) is 2.65. The van der Waals surface area contributed by atoms with Crippen molar-refractivity contribution in [1.29, 1.82) is 0 Å². The van der Waals surface area contributed by atoms with Gasteiger partial charge in [0.15, 0.2) is 5.82 Å². The monoisotopic (exact) mass is 351 g/mol. The number of fused-ring (bicyclic) bond motifs is 1. The van der Waals surface area contributed by atoms with E-state index in [9.17, 15) is 4.39 Å². The fourth-order valence-electron chi connectivity index (χ4n) is 2.51. The minimum absolute atomic E-state index is 0.0632. The van der Waals surface area contributed by atoms with Crippen molar-refractivity contribution in [3.05, 3.63) is 33.6 Å². The van der Waals surface area contributed by atoms with Crippen LogP contribution in [0.15, 0.2) is 17.1 Å². The van der Waals surface area contributed by atoms with Crippen molar-refractivity contribution in [2.24, 2.45) is 10.9 Å². The smallest absolute Gasteiger partial charge is 0.209 e. The van der Waals surface area contributed by atoms with Gasteiger partial charge in [-0.25, -0.2) is 9.38 Å². The molecule has 0 radical (unpaired) electrons. The van der Waals surface area contributed by atoms with Gasteiger partial charge in [0.05, 0.1) is 5.02 Å². The lowest BCUT2D eigenvalue weighted by Crippen LogP contribution is -2.14. The first-order valence-corrected chi connectivity index (χ1v) is 8.43. The highest BCUT2D eigenvalue weighted by atomic mass is 35.5. The molecule has 1 aromatic carbocycles. The summed E-state index contributed by atoms with van der Waals surface area (Å²) in [5, 5.41) is 0.171. The van der Waals surface area contributed by atoms with Crippen LogP contribution in [-0.2, 0) is 13.0 Å². The molecule has 4 nitrogen and oxygen atoms in total. The fraction of sp³-hybridized carbons (Fsp3) is 0.375. The standard InChI is InChI=1S/C16H15ClFN3OS/c1-3-5-22-14-8-13(12(18)7-11(14)17)19-16-21-9-10(4-2)6-15(21)20-23-16/h1,7-8,10H,4-6,9H2,2H3. The quantitative estimate of drug-likeness (QED) is 0.790. The molecule has 0 fully saturated rings. The van der Waals surface area contributed by atoms with Crippen molar-refractivity contribution in [1.82, 2.24) is 8.94 Å². The second-order valence-electron chi connectivity index (χ2n) is 5.31. The van der Waals surface area contributed by atoms with Gasteiger partial charge in [-0.2, -0.15) is 4.37 Å². The average Bonchev–Trinajstić information content (AvgIpc) is 3.10. The van der Waals surface area contributed by atoms with E-state index < -0.39 is 5.82 Å². The maximum atomic E-state index is 14.1. The van der Waals surface area contributed by atoms with Gasteiger partial charge in [-0.05, 0) is 12.0 Å². The van der Waals surface area contributed by atoms with E-state index in [1.165, 1.54) is 23.7 Å². The van der Waals surface area contributed by atoms with Crippen LogP contribution in [0, 0.1) is 24.1 Å². The molecule has 0 spiro atoms. The van der Waals surface area contributed by atoms with Gasteiger partial charge in [-0.15, -0.1) is 6.42 Å². The van der Waals surface area contributed by atoms with E-state index >= 15 is 0 Å². The van der Waals surface area contributed by atoms with E-state index in [-0.39, 0.29) is 17.3 Å². The molecule has 2 heterocycles. The van der Waals surface area contributed by atoms with E-state index in [0.29, 0.717) is 16.5 Å². The van der Waals surface area contributed by atoms with Crippen LogP contribution in [0.1, 0.15) is 19.2 Å². The summed E-state index contributed by atoms with van der Waals surface area (Å²) in [6.45, 7) is 3.09. The first-order chi connectivity index (χ1) is 11.1. The Morgan fingerprint density at radius 2 is 2.43 bits per heavy atom. The molecule has 0 amide bonds. The predicted molar refractivity (Wildman–Crippen MR) is 88.6 cm³/mol. The van der Waals surface area contributed by atoms with Crippen LogP contribution >= 0.6 is 23.1 Å². The summed E-state index contributed by atoms with van der Waals surface area (Å²) < 4.78 is 25.9. The lowest BCUT2D eigenvalue weighted by Gasteiger charge is -2.07. The molecule has 1 unspecified atom stereocenters. The SMILES string of the molecule is C#CCOc1cc(N=c2snc3n2CC(CC)C3)c(F)cc1Cl. The molecule has 0 aliphatic carbocycles. The molecule has 2 aromatic rings. The van der Waals surface area contributed by atoms with Crippen LogP contribution < -0.4 is 9.54 Å². The largest absolute Gasteiger partial charge is 0.479 e. The van der Waals surface area contributed by atoms with Crippen LogP contribution in [0.5, 0.6) is 5.75 Å². The van der Waals surface area contributed by atoms with E-state index in [1.807, 2.05) is 0 Å². The van der Waals surface area contributed by atoms with Gasteiger partial charge in [0.2, 0.25) is 4.80 Å². The zero-order valence-electron chi connectivity index (χ0n) is 12.6. The third kappa shape index (κ3) is 3.26. The topological polar surface area (TPSA) is 39.4 Å². The van der Waals surface area contributed by atoms with Crippen molar-refractivity contribution in [3.8, 4) is 18.1 Å². The maximum Gasteiger partial charge on any atom is 0.209 e. The molecule has 120 valence electrons. The molecule has 1 aliphatic rings. The molecule has 7 heteroatoms. The Morgan fingerprint density at radius 3 is 3.17 bits per heavy atom. The number of hydrogen-bond donors (Lipinski definition) is 0. The number of benzene rings is 1. The Labute approximate surface area is 142 Å². The minimum atomic E-state index is -0.504. The summed E-state index contributed by atoms with van der Waals surface area (Å²) >= 11 is 7.23. The highest BCUT2D eigenvalue weighted by Gasteiger charge is 2.22. The second-order valence-corrected chi connectivity index (χ2v) is 6.45. The summed E-state index contributed by atoms with van der Waals surface area (Å²) in [7, 11) is 0. The number of halogens is 2. The van der Waals surface area contributed by atoms with Gasteiger partial charge < -0.3 is 9.30 Å². The molecule has 0 saturated heterocycles. The summed E-state index contributed by atoms with van der Waals surface area (Å²) in [4.78, 5) is 5.09. The number of rotatable bonds is 4. The Kier molecular flexibility index (Phi) is 4.69. The lowest BCUT2D eigenvalue weighted by molar-refractivity contribution is 0.370. The zero-order valence-corrected chi connectivity index (χ0v) is 14.1. The molecule has 23 heavy (non-hydrogen) atoms. The van der Waals surface area contributed by atoms with E-state index in [0.717, 1.165) is 25.2 Å². The first-order valence-electron chi connectivity index (χ1n) is 7.27. The highest BCUT2D eigenvalue weighted by molar-refractivity contribution is 7.02. The molecule has 3 rings (SSSR count). The van der Waals surface area contributed by atoms with Gasteiger partial charge in [-0.1, -0.05) is 30.9 Å². The molecular weight excluding hydrogens is 337 g/mol. The number of aromatic nitrogens is 2. The fourth-order valence-corrected chi connectivity index (χ4v) is 3.49. The number of ether oxygens (including phenoxy) is 1. The van der Waals surface area contributed by atoms with Crippen LogP contribution in [0.3, 0.4) is 0 Å². The number of nitrogens with zero attached hydrogens (tertiary/aromatic N) is 3. The van der Waals surface area contributed by atoms with E-state index in [4.69, 9.17) is 22.8 Å². The van der Waals surface area contributed by atoms with Crippen LogP contribution in [0.4, 0.5) is 10.1 Å². The van der Waals surface area contributed by atoms with Gasteiger partial charge in [0, 0.05) is 30.6 Å². The average molecular weight is 352 g/mol. The Bertz CT molecular complexity index is 837. The minimum Gasteiger partial charge on any atom is -0.479 e.